The van der Waals surface area contributed by atoms with E-state index in [0.29, 0.717) is 26.2 Å². The van der Waals surface area contributed by atoms with Crippen molar-refractivity contribution in [3.8, 4) is 5.75 Å². The van der Waals surface area contributed by atoms with Gasteiger partial charge in [-0.15, -0.1) is 0 Å². The number of ether oxygens (including phenoxy) is 1. The van der Waals surface area contributed by atoms with Crippen LogP contribution in [0.4, 0.5) is 5.69 Å². The van der Waals surface area contributed by atoms with Gasteiger partial charge in [0.15, 0.2) is 0 Å². The normalized spacial score (nSPS) is 17.5. The molecule has 7 nitrogen and oxygen atoms in total. The van der Waals surface area contributed by atoms with Gasteiger partial charge in [-0.25, -0.2) is 8.51 Å². The van der Waals surface area contributed by atoms with E-state index in [2.05, 4.69) is 47.2 Å². The molecular weight excluding hydrogens is 508 g/mol. The Labute approximate surface area is 233 Å². The van der Waals surface area contributed by atoms with Crippen LogP contribution in [0.25, 0.3) is 21.5 Å². The molecule has 2 aliphatic rings. The quantitative estimate of drug-likeness (QED) is 0.352. The van der Waals surface area contributed by atoms with Crippen LogP contribution in [-0.4, -0.2) is 91.2 Å². The second-order valence-corrected chi connectivity index (χ2v) is 11.5. The zero-order valence-electron chi connectivity index (χ0n) is 22.7. The summed E-state index contributed by atoms with van der Waals surface area (Å²) in [4.78, 5) is 18.1. The monoisotopic (exact) mass is 544 g/mol. The van der Waals surface area contributed by atoms with Crippen LogP contribution in [0.2, 0.25) is 0 Å². The van der Waals surface area contributed by atoms with Crippen LogP contribution in [0, 0.1) is 0 Å². The van der Waals surface area contributed by atoms with E-state index in [1.807, 2.05) is 52.8 Å². The Balaban J connectivity index is 0.000000158. The number of anilines is 1. The minimum Gasteiger partial charge on any atom is -0.497 e. The molecule has 1 amide bonds. The van der Waals surface area contributed by atoms with Crippen LogP contribution in [-0.2, 0) is 15.8 Å². The number of piperazine rings is 2. The van der Waals surface area contributed by atoms with Crippen LogP contribution < -0.4 is 9.64 Å². The van der Waals surface area contributed by atoms with Gasteiger partial charge < -0.3 is 19.4 Å². The second-order valence-electron chi connectivity index (χ2n) is 9.98. The van der Waals surface area contributed by atoms with Gasteiger partial charge in [-0.1, -0.05) is 48.5 Å². The first kappa shape index (κ1) is 27.1. The highest BCUT2D eigenvalue weighted by molar-refractivity contribution is 7.82. The van der Waals surface area contributed by atoms with Gasteiger partial charge in [0.05, 0.1) is 12.0 Å². The number of rotatable bonds is 5. The van der Waals surface area contributed by atoms with Crippen LogP contribution >= 0.6 is 0 Å². The average molecular weight is 545 g/mol. The summed E-state index contributed by atoms with van der Waals surface area (Å²) in [5.41, 5.74) is 1.32. The summed E-state index contributed by atoms with van der Waals surface area (Å²) in [5.74, 6) is 0.925. The molecule has 8 heteroatoms. The fourth-order valence-corrected chi connectivity index (χ4v) is 6.29. The molecule has 2 fully saturated rings. The van der Waals surface area contributed by atoms with Crippen molar-refractivity contribution in [1.29, 1.82) is 0 Å². The summed E-state index contributed by atoms with van der Waals surface area (Å²) in [6, 6.07) is 26.8. The molecule has 4 aromatic carbocycles. The highest BCUT2D eigenvalue weighted by atomic mass is 32.2. The molecule has 204 valence electrons. The Morgan fingerprint density at radius 3 is 2.15 bits per heavy atom. The Morgan fingerprint density at radius 1 is 0.744 bits per heavy atom. The first-order chi connectivity index (χ1) is 19.1. The maximum absolute atomic E-state index is 12.6. The predicted octanol–water partition coefficient (Wildman–Crippen LogP) is 4.24. The number of hydrogen-bond donors (Lipinski definition) is 0. The zero-order chi connectivity index (χ0) is 27.2. The summed E-state index contributed by atoms with van der Waals surface area (Å²) in [7, 11) is 2.75. The number of carbonyl (C=O) groups excluding carboxylic acids is 1. The van der Waals surface area contributed by atoms with Gasteiger partial charge in [0.2, 0.25) is 6.41 Å². The Morgan fingerprint density at radius 2 is 1.44 bits per heavy atom. The maximum Gasteiger partial charge on any atom is 0.209 e. The number of hydrogen-bond acceptors (Lipinski definition) is 5. The van der Waals surface area contributed by atoms with Crippen LogP contribution in [0.5, 0.6) is 5.75 Å². The number of amides is 1. The molecule has 39 heavy (non-hydrogen) atoms. The molecular formula is C31H36N4O3S. The lowest BCUT2D eigenvalue weighted by Crippen LogP contribution is -2.46. The van der Waals surface area contributed by atoms with Crippen LogP contribution in [0.1, 0.15) is 0 Å². The third-order valence-electron chi connectivity index (χ3n) is 7.49. The topological polar surface area (TPSA) is 56.3 Å². The van der Waals surface area contributed by atoms with Crippen molar-refractivity contribution in [2.75, 3.05) is 71.4 Å². The Hall–Kier alpha value is -3.46. The molecule has 2 heterocycles. The minimum absolute atomic E-state index is 0.642. The summed E-state index contributed by atoms with van der Waals surface area (Å²) < 4.78 is 19.8. The van der Waals surface area contributed by atoms with Gasteiger partial charge >= 0.3 is 0 Å². The lowest BCUT2D eigenvalue weighted by Gasteiger charge is -2.34. The molecule has 0 aliphatic carbocycles. The summed E-state index contributed by atoms with van der Waals surface area (Å²) in [5, 5.41) is 4.81. The zero-order valence-corrected chi connectivity index (χ0v) is 23.5. The van der Waals surface area contributed by atoms with Crippen molar-refractivity contribution in [3.63, 3.8) is 0 Å². The van der Waals surface area contributed by atoms with Gasteiger partial charge in [-0.2, -0.15) is 0 Å². The van der Waals surface area contributed by atoms with Crippen molar-refractivity contribution in [3.05, 3.63) is 78.9 Å². The van der Waals surface area contributed by atoms with E-state index in [1.165, 1.54) is 16.5 Å². The van der Waals surface area contributed by atoms with Gasteiger partial charge in [0, 0.05) is 63.4 Å². The smallest absolute Gasteiger partial charge is 0.209 e. The second kappa shape index (κ2) is 12.6. The number of carbonyl (C=O) groups is 1. The molecule has 2 saturated heterocycles. The average Bonchev–Trinajstić information content (AvgIpc) is 3.00. The molecule has 4 aromatic rings. The molecule has 1 atom stereocenters. The van der Waals surface area contributed by atoms with Gasteiger partial charge in [0.25, 0.3) is 0 Å². The Kier molecular flexibility index (Phi) is 8.76. The number of fused-ring (bicyclic) bond motifs is 2. The van der Waals surface area contributed by atoms with E-state index in [9.17, 15) is 9.00 Å². The molecule has 1 unspecified atom stereocenters. The fourth-order valence-electron chi connectivity index (χ4n) is 5.09. The lowest BCUT2D eigenvalue weighted by molar-refractivity contribution is -0.119. The van der Waals surface area contributed by atoms with Crippen molar-refractivity contribution in [2.45, 2.75) is 4.90 Å². The van der Waals surface area contributed by atoms with Gasteiger partial charge in [-0.05, 0) is 53.5 Å². The number of benzene rings is 4. The van der Waals surface area contributed by atoms with Gasteiger partial charge in [0.1, 0.15) is 16.7 Å². The van der Waals surface area contributed by atoms with E-state index >= 15 is 0 Å². The summed E-state index contributed by atoms with van der Waals surface area (Å²) in [6.45, 7) is 7.02. The first-order valence-corrected chi connectivity index (χ1v) is 14.5. The third-order valence-corrected chi connectivity index (χ3v) is 8.98. The maximum atomic E-state index is 12.6. The third kappa shape index (κ3) is 6.41. The van der Waals surface area contributed by atoms with Crippen LogP contribution in [0.3, 0.4) is 0 Å². The number of methoxy groups -OCH3 is 1. The summed E-state index contributed by atoms with van der Waals surface area (Å²) >= 11 is 0. The van der Waals surface area contributed by atoms with Crippen molar-refractivity contribution in [1.82, 2.24) is 14.1 Å². The number of nitrogens with zero attached hydrogens (tertiary/aromatic N) is 4. The highest BCUT2D eigenvalue weighted by Crippen LogP contribution is 2.30. The summed E-state index contributed by atoms with van der Waals surface area (Å²) in [6.07, 6.45) is 0.857. The molecule has 0 aromatic heterocycles. The van der Waals surface area contributed by atoms with E-state index in [0.717, 1.165) is 54.0 Å². The van der Waals surface area contributed by atoms with Crippen molar-refractivity contribution in [2.24, 2.45) is 0 Å². The Bertz CT molecular complexity index is 1450. The largest absolute Gasteiger partial charge is 0.497 e. The molecule has 0 radical (unpaired) electrons. The van der Waals surface area contributed by atoms with Crippen LogP contribution in [0.15, 0.2) is 83.8 Å². The molecule has 2 aliphatic heterocycles. The molecule has 0 spiro atoms. The van der Waals surface area contributed by atoms with Crippen molar-refractivity contribution >= 4 is 44.6 Å². The molecule has 0 saturated carbocycles. The molecule has 0 bridgehead atoms. The highest BCUT2D eigenvalue weighted by Gasteiger charge is 2.21. The lowest BCUT2D eigenvalue weighted by atomic mass is 10.1. The minimum atomic E-state index is -1.15. The first-order valence-electron chi connectivity index (χ1n) is 13.4. The van der Waals surface area contributed by atoms with E-state index in [4.69, 9.17) is 4.74 Å². The van der Waals surface area contributed by atoms with E-state index in [1.54, 1.807) is 12.0 Å². The molecule has 6 rings (SSSR count). The van der Waals surface area contributed by atoms with E-state index < -0.39 is 11.0 Å². The van der Waals surface area contributed by atoms with Gasteiger partial charge in [-0.3, -0.25) is 4.79 Å². The SMILES string of the molecule is COc1ccc2cccc(N3CCN(C)CC3)c2c1.O=CN1CCN(S(=O)c2ccc3ccccc3c2)CC1. The standard InChI is InChI=1S/C16H20N2O.C15H16N2O2S/c1-17-8-10-18(11-9-17)16-5-3-4-13-6-7-14(19-2)12-15(13)16;18-12-16-7-9-17(10-8-16)20(19)15-6-5-13-3-1-2-4-14(13)11-15/h3-7,12H,8-11H2,1-2H3;1-6,11-12H,7-10H2. The molecule has 0 N–H and O–H groups in total. The van der Waals surface area contributed by atoms with E-state index in [-0.39, 0.29) is 0 Å². The number of likely N-dealkylation sites (N-methyl/N-ethyl adjacent to an activating group) is 1. The fraction of sp³-hybridized carbons (Fsp3) is 0.323. The van der Waals surface area contributed by atoms with Crippen molar-refractivity contribution < 1.29 is 13.7 Å². The predicted molar refractivity (Wildman–Crippen MR) is 160 cm³/mol.